The molecule has 2 heterocycles. The summed E-state index contributed by atoms with van der Waals surface area (Å²) in [5.41, 5.74) is 2.55. The number of hydrogen-bond acceptors (Lipinski definition) is 4. The largest absolute Gasteiger partial charge is 0.352 e. The second-order valence-electron chi connectivity index (χ2n) is 6.71. The summed E-state index contributed by atoms with van der Waals surface area (Å²) in [5.74, 6) is 0.573. The van der Waals surface area contributed by atoms with Crippen LogP contribution in [0.15, 0.2) is 53.1 Å². The maximum absolute atomic E-state index is 12.2. The number of anilines is 1. The molecule has 2 aromatic rings. The Balaban J connectivity index is 1.50. The van der Waals surface area contributed by atoms with Crippen molar-refractivity contribution < 1.29 is 0 Å². The molecule has 1 aliphatic rings. The van der Waals surface area contributed by atoms with Gasteiger partial charge in [-0.15, -0.1) is 0 Å². The highest BCUT2D eigenvalue weighted by Crippen LogP contribution is 2.15. The van der Waals surface area contributed by atoms with Gasteiger partial charge in [0.1, 0.15) is 0 Å². The van der Waals surface area contributed by atoms with Gasteiger partial charge >= 0.3 is 0 Å². The molecule has 0 amide bonds. The summed E-state index contributed by atoms with van der Waals surface area (Å²) in [5, 5.41) is 3.64. The highest BCUT2D eigenvalue weighted by atomic mass is 16.1. The Hall–Kier alpha value is -2.40. The third-order valence-corrected chi connectivity index (χ3v) is 4.68. The topological polar surface area (TPSA) is 50.2 Å². The predicted octanol–water partition coefficient (Wildman–Crippen LogP) is 2.44. The number of benzene rings is 1. The Bertz CT molecular complexity index is 774. The molecule has 1 aromatic heterocycles. The number of aromatic nitrogens is 2. The van der Waals surface area contributed by atoms with Gasteiger partial charge in [-0.1, -0.05) is 42.0 Å². The van der Waals surface area contributed by atoms with Crippen LogP contribution in [-0.4, -0.2) is 35.2 Å². The van der Waals surface area contributed by atoms with Crippen LogP contribution in [0.3, 0.4) is 0 Å². The predicted molar refractivity (Wildman–Crippen MR) is 103 cm³/mol. The van der Waals surface area contributed by atoms with Crippen molar-refractivity contribution >= 4 is 11.9 Å². The summed E-state index contributed by atoms with van der Waals surface area (Å²) in [6, 6.07) is 10.9. The summed E-state index contributed by atoms with van der Waals surface area (Å²) < 4.78 is 1.59. The number of hydrogen-bond donors (Lipinski definition) is 1. The van der Waals surface area contributed by atoms with Gasteiger partial charge in [0, 0.05) is 45.1 Å². The van der Waals surface area contributed by atoms with Crippen LogP contribution < -0.4 is 15.8 Å². The SMILES string of the molecule is C/C(=C\c1ccccc1)CNC1CCN(c2nccn(C)c2=O)CC1. The van der Waals surface area contributed by atoms with Gasteiger partial charge in [0.25, 0.3) is 5.56 Å². The van der Waals surface area contributed by atoms with E-state index in [4.69, 9.17) is 0 Å². The molecule has 5 nitrogen and oxygen atoms in total. The summed E-state index contributed by atoms with van der Waals surface area (Å²) in [6.07, 6.45) is 7.66. The van der Waals surface area contributed by atoms with Crippen LogP contribution in [0.5, 0.6) is 0 Å². The molecule has 1 aromatic carbocycles. The smallest absolute Gasteiger partial charge is 0.293 e. The van der Waals surface area contributed by atoms with E-state index in [1.807, 2.05) is 6.07 Å². The Morgan fingerprint density at radius 3 is 2.72 bits per heavy atom. The lowest BCUT2D eigenvalue weighted by molar-refractivity contribution is 0.425. The van der Waals surface area contributed by atoms with Crippen molar-refractivity contribution in [1.29, 1.82) is 0 Å². The van der Waals surface area contributed by atoms with E-state index >= 15 is 0 Å². The van der Waals surface area contributed by atoms with Crippen molar-refractivity contribution in [2.45, 2.75) is 25.8 Å². The lowest BCUT2D eigenvalue weighted by Crippen LogP contribution is -2.45. The van der Waals surface area contributed by atoms with Gasteiger partial charge in [-0.25, -0.2) is 4.98 Å². The molecule has 0 radical (unpaired) electrons. The molecule has 132 valence electrons. The maximum Gasteiger partial charge on any atom is 0.293 e. The van der Waals surface area contributed by atoms with Crippen molar-refractivity contribution in [2.75, 3.05) is 24.5 Å². The van der Waals surface area contributed by atoms with Crippen molar-refractivity contribution in [1.82, 2.24) is 14.9 Å². The zero-order valence-electron chi connectivity index (χ0n) is 15.0. The van der Waals surface area contributed by atoms with Gasteiger partial charge in [0.05, 0.1) is 0 Å². The summed E-state index contributed by atoms with van der Waals surface area (Å²) >= 11 is 0. The molecule has 5 heteroatoms. The number of rotatable bonds is 5. The van der Waals surface area contributed by atoms with E-state index in [0.717, 1.165) is 32.5 Å². The van der Waals surface area contributed by atoms with E-state index in [1.54, 1.807) is 24.0 Å². The van der Waals surface area contributed by atoms with Gasteiger partial charge in [0.15, 0.2) is 5.82 Å². The zero-order chi connectivity index (χ0) is 17.6. The molecular weight excluding hydrogens is 312 g/mol. The molecular formula is C20H26N4O. The molecule has 0 bridgehead atoms. The Labute approximate surface area is 149 Å². The molecule has 25 heavy (non-hydrogen) atoms. The third-order valence-electron chi connectivity index (χ3n) is 4.68. The molecule has 0 unspecified atom stereocenters. The van der Waals surface area contributed by atoms with Gasteiger partial charge in [-0.3, -0.25) is 4.79 Å². The minimum atomic E-state index is -0.0180. The Morgan fingerprint density at radius 1 is 1.28 bits per heavy atom. The average Bonchev–Trinajstić information content (AvgIpc) is 2.64. The fourth-order valence-electron chi connectivity index (χ4n) is 3.19. The van der Waals surface area contributed by atoms with Gasteiger partial charge in [0.2, 0.25) is 0 Å². The second-order valence-corrected chi connectivity index (χ2v) is 6.71. The van der Waals surface area contributed by atoms with E-state index < -0.39 is 0 Å². The summed E-state index contributed by atoms with van der Waals surface area (Å²) in [4.78, 5) is 18.6. The molecule has 1 saturated heterocycles. The Kier molecular flexibility index (Phi) is 5.66. The summed E-state index contributed by atoms with van der Waals surface area (Å²) in [7, 11) is 1.77. The first-order chi connectivity index (χ1) is 12.1. The van der Waals surface area contributed by atoms with Crippen LogP contribution in [0, 0.1) is 0 Å². The Morgan fingerprint density at radius 2 is 2.00 bits per heavy atom. The molecule has 0 saturated carbocycles. The van der Waals surface area contributed by atoms with Crippen molar-refractivity contribution in [3.63, 3.8) is 0 Å². The van der Waals surface area contributed by atoms with Crippen LogP contribution in [-0.2, 0) is 7.05 Å². The van der Waals surface area contributed by atoms with Crippen LogP contribution >= 0.6 is 0 Å². The standard InChI is InChI=1S/C20H26N4O/c1-16(14-17-6-4-3-5-7-17)15-22-18-8-11-24(12-9-18)19-20(25)23(2)13-10-21-19/h3-7,10,13-14,18,22H,8-9,11-12,15H2,1-2H3/b16-14+. The van der Waals surface area contributed by atoms with Crippen LogP contribution in [0.1, 0.15) is 25.3 Å². The van der Waals surface area contributed by atoms with Crippen molar-refractivity contribution in [2.24, 2.45) is 7.05 Å². The molecule has 0 spiro atoms. The minimum absolute atomic E-state index is 0.0180. The molecule has 1 fully saturated rings. The lowest BCUT2D eigenvalue weighted by atomic mass is 10.0. The highest BCUT2D eigenvalue weighted by Gasteiger charge is 2.21. The second kappa shape index (κ2) is 8.12. The quantitative estimate of drug-likeness (QED) is 0.910. The first-order valence-electron chi connectivity index (χ1n) is 8.85. The van der Waals surface area contributed by atoms with Gasteiger partial charge in [-0.05, 0) is 25.3 Å². The van der Waals surface area contributed by atoms with E-state index in [0.29, 0.717) is 11.9 Å². The average molecular weight is 338 g/mol. The molecule has 3 rings (SSSR count). The van der Waals surface area contributed by atoms with Crippen molar-refractivity contribution in [3.05, 3.63) is 64.2 Å². The van der Waals surface area contributed by atoms with Gasteiger partial charge in [-0.2, -0.15) is 0 Å². The van der Waals surface area contributed by atoms with E-state index in [2.05, 4.69) is 52.5 Å². The third kappa shape index (κ3) is 4.57. The number of aryl methyl sites for hydroxylation is 1. The number of piperidine rings is 1. The minimum Gasteiger partial charge on any atom is -0.352 e. The number of nitrogens with zero attached hydrogens (tertiary/aromatic N) is 3. The van der Waals surface area contributed by atoms with Gasteiger partial charge < -0.3 is 14.8 Å². The van der Waals surface area contributed by atoms with E-state index in [-0.39, 0.29) is 5.56 Å². The first kappa shape index (κ1) is 17.4. The normalized spacial score (nSPS) is 16.2. The van der Waals surface area contributed by atoms with E-state index in [1.165, 1.54) is 11.1 Å². The van der Waals surface area contributed by atoms with E-state index in [9.17, 15) is 4.79 Å². The fourth-order valence-corrected chi connectivity index (χ4v) is 3.19. The lowest BCUT2D eigenvalue weighted by Gasteiger charge is -2.33. The van der Waals surface area contributed by atoms with Crippen LogP contribution in [0.4, 0.5) is 5.82 Å². The zero-order valence-corrected chi connectivity index (χ0v) is 15.0. The molecule has 1 aliphatic heterocycles. The first-order valence-corrected chi connectivity index (χ1v) is 8.85. The van der Waals surface area contributed by atoms with Crippen LogP contribution in [0.25, 0.3) is 6.08 Å². The maximum atomic E-state index is 12.2. The highest BCUT2D eigenvalue weighted by molar-refractivity contribution is 5.52. The molecule has 0 aliphatic carbocycles. The molecule has 0 atom stereocenters. The monoisotopic (exact) mass is 338 g/mol. The van der Waals surface area contributed by atoms with Crippen LogP contribution in [0.2, 0.25) is 0 Å². The fraction of sp³-hybridized carbons (Fsp3) is 0.400. The summed E-state index contributed by atoms with van der Waals surface area (Å²) in [6.45, 7) is 4.79. The number of nitrogens with one attached hydrogen (secondary N) is 1. The molecule has 1 N–H and O–H groups in total. The van der Waals surface area contributed by atoms with Crippen molar-refractivity contribution in [3.8, 4) is 0 Å².